The van der Waals surface area contributed by atoms with Crippen LogP contribution in [0.2, 0.25) is 0 Å². The van der Waals surface area contributed by atoms with E-state index in [4.69, 9.17) is 20.6 Å². The molecule has 1 aromatic heterocycles. The van der Waals surface area contributed by atoms with Crippen LogP contribution >= 0.6 is 0 Å². The first kappa shape index (κ1) is 19.6. The number of piperidine rings is 1. The first-order valence-corrected chi connectivity index (χ1v) is 9.86. The van der Waals surface area contributed by atoms with Crippen molar-refractivity contribution in [2.45, 2.75) is 44.3 Å². The number of nitrogens with zero attached hydrogens (tertiary/aromatic N) is 3. The fourth-order valence-electron chi connectivity index (χ4n) is 3.54. The Kier molecular flexibility index (Phi) is 5.12. The van der Waals surface area contributed by atoms with Gasteiger partial charge in [0.25, 0.3) is 0 Å². The second-order valence-electron chi connectivity index (χ2n) is 8.00. The zero-order chi connectivity index (χ0) is 20.6. The summed E-state index contributed by atoms with van der Waals surface area (Å²) >= 11 is 0. The van der Waals surface area contributed by atoms with Gasteiger partial charge in [0.05, 0.1) is 17.5 Å². The molecule has 3 N–H and O–H groups in total. The summed E-state index contributed by atoms with van der Waals surface area (Å²) in [6.45, 7) is 3.56. The second kappa shape index (κ2) is 7.59. The van der Waals surface area contributed by atoms with Gasteiger partial charge in [0.15, 0.2) is 11.6 Å². The fraction of sp³-hybridized carbons (Fsp3) is 0.476. The van der Waals surface area contributed by atoms with Gasteiger partial charge in [-0.2, -0.15) is 0 Å². The number of methoxy groups -OCH3 is 1. The largest absolute Gasteiger partial charge is 0.484 e. The van der Waals surface area contributed by atoms with Gasteiger partial charge in [0, 0.05) is 43.6 Å². The predicted molar refractivity (Wildman–Crippen MR) is 109 cm³/mol. The Morgan fingerprint density at radius 2 is 2.10 bits per heavy atom. The molecule has 29 heavy (non-hydrogen) atoms. The van der Waals surface area contributed by atoms with Crippen LogP contribution in [0.4, 0.5) is 15.9 Å². The lowest BCUT2D eigenvalue weighted by molar-refractivity contribution is 0.0891. The molecule has 1 saturated heterocycles. The molecule has 2 heterocycles. The molecule has 1 aliphatic carbocycles. The van der Waals surface area contributed by atoms with E-state index in [9.17, 15) is 4.39 Å². The minimum Gasteiger partial charge on any atom is -0.484 e. The lowest BCUT2D eigenvalue weighted by atomic mass is 10.0. The zero-order valence-electron chi connectivity index (χ0n) is 16.7. The highest BCUT2D eigenvalue weighted by Gasteiger charge is 2.40. The maximum Gasteiger partial charge on any atom is 0.167 e. The van der Waals surface area contributed by atoms with Crippen LogP contribution in [0.25, 0.3) is 0 Å². The van der Waals surface area contributed by atoms with Crippen LogP contribution in [-0.4, -0.2) is 47.6 Å². The van der Waals surface area contributed by atoms with Gasteiger partial charge in [-0.15, -0.1) is 0 Å². The highest BCUT2D eigenvalue weighted by Crippen LogP contribution is 2.41. The maximum atomic E-state index is 14.3. The van der Waals surface area contributed by atoms with E-state index in [2.05, 4.69) is 14.9 Å². The van der Waals surface area contributed by atoms with E-state index in [1.807, 2.05) is 6.92 Å². The Labute approximate surface area is 169 Å². The van der Waals surface area contributed by atoms with Crippen molar-refractivity contribution in [3.63, 3.8) is 0 Å². The third-order valence-corrected chi connectivity index (χ3v) is 5.63. The quantitative estimate of drug-likeness (QED) is 0.572. The van der Waals surface area contributed by atoms with Crippen molar-refractivity contribution in [3.8, 4) is 5.75 Å². The smallest absolute Gasteiger partial charge is 0.167 e. The van der Waals surface area contributed by atoms with E-state index in [0.29, 0.717) is 11.3 Å². The molecule has 1 unspecified atom stereocenters. The first-order chi connectivity index (χ1) is 13.9. The third-order valence-electron chi connectivity index (χ3n) is 5.63. The average molecular weight is 399 g/mol. The van der Waals surface area contributed by atoms with Crippen LogP contribution in [0.1, 0.15) is 43.9 Å². The summed E-state index contributed by atoms with van der Waals surface area (Å²) in [6.07, 6.45) is 5.42. The molecule has 2 aliphatic rings. The topological polar surface area (TPSA) is 97.3 Å². The molecule has 2 aromatic rings. The van der Waals surface area contributed by atoms with E-state index in [-0.39, 0.29) is 28.9 Å². The van der Waals surface area contributed by atoms with E-state index >= 15 is 0 Å². The Morgan fingerprint density at radius 3 is 2.83 bits per heavy atom. The molecule has 4 rings (SSSR count). The Hall–Kier alpha value is -2.74. The Bertz CT molecular complexity index is 931. The van der Waals surface area contributed by atoms with Crippen molar-refractivity contribution in [2.75, 3.05) is 30.8 Å². The summed E-state index contributed by atoms with van der Waals surface area (Å²) in [4.78, 5) is 10.7. The number of nitrogens with one attached hydrogen (secondary N) is 1. The minimum atomic E-state index is -0.519. The van der Waals surface area contributed by atoms with Crippen molar-refractivity contribution in [2.24, 2.45) is 0 Å². The van der Waals surface area contributed by atoms with Crippen LogP contribution in [0, 0.1) is 11.2 Å². The molecule has 0 bridgehead atoms. The SMILES string of the molecule is COC1CCCN(c2cc(C(=N)c3cc(OC4(C)CC4)c(F)cc3N)ncn2)C1. The lowest BCUT2D eigenvalue weighted by Gasteiger charge is -2.32. The lowest BCUT2D eigenvalue weighted by Crippen LogP contribution is -2.39. The van der Waals surface area contributed by atoms with Crippen LogP contribution in [-0.2, 0) is 4.74 Å². The van der Waals surface area contributed by atoms with Crippen LogP contribution in [0.15, 0.2) is 24.5 Å². The minimum absolute atomic E-state index is 0.109. The number of halogens is 1. The number of aromatic nitrogens is 2. The van der Waals surface area contributed by atoms with Gasteiger partial charge in [0.1, 0.15) is 17.7 Å². The summed E-state index contributed by atoms with van der Waals surface area (Å²) in [6, 6.07) is 4.48. The molecule has 154 valence electrons. The second-order valence-corrected chi connectivity index (χ2v) is 8.00. The van der Waals surface area contributed by atoms with Gasteiger partial charge in [-0.1, -0.05) is 0 Å². The van der Waals surface area contributed by atoms with Crippen molar-refractivity contribution >= 4 is 17.2 Å². The summed E-state index contributed by atoms with van der Waals surface area (Å²) in [5.41, 5.74) is 6.80. The molecular formula is C21H26FN5O2. The zero-order valence-corrected chi connectivity index (χ0v) is 16.7. The molecule has 7 nitrogen and oxygen atoms in total. The summed E-state index contributed by atoms with van der Waals surface area (Å²) < 4.78 is 25.6. The monoisotopic (exact) mass is 399 g/mol. The van der Waals surface area contributed by atoms with Gasteiger partial charge in [-0.25, -0.2) is 14.4 Å². The fourth-order valence-corrected chi connectivity index (χ4v) is 3.54. The van der Waals surface area contributed by atoms with Crippen molar-refractivity contribution in [1.29, 1.82) is 5.41 Å². The number of benzene rings is 1. The number of anilines is 2. The van der Waals surface area contributed by atoms with Crippen molar-refractivity contribution < 1.29 is 13.9 Å². The summed E-state index contributed by atoms with van der Waals surface area (Å²) in [5, 5.41) is 8.62. The highest BCUT2D eigenvalue weighted by atomic mass is 19.1. The van der Waals surface area contributed by atoms with E-state index in [0.717, 1.165) is 44.6 Å². The molecular weight excluding hydrogens is 373 g/mol. The van der Waals surface area contributed by atoms with Crippen molar-refractivity contribution in [3.05, 3.63) is 41.6 Å². The van der Waals surface area contributed by atoms with Gasteiger partial charge >= 0.3 is 0 Å². The van der Waals surface area contributed by atoms with Gasteiger partial charge in [-0.05, 0) is 38.7 Å². The number of hydrogen-bond acceptors (Lipinski definition) is 7. The Morgan fingerprint density at radius 1 is 1.31 bits per heavy atom. The standard InChI is InChI=1S/C21H26FN5O2/c1-21(5-6-21)29-18-8-14(16(23)9-15(18)22)20(24)17-10-19(26-12-25-17)27-7-3-4-13(11-27)28-2/h8-10,12-13,24H,3-7,11,23H2,1-2H3. The van der Waals surface area contributed by atoms with Crippen molar-refractivity contribution in [1.82, 2.24) is 9.97 Å². The number of nitrogens with two attached hydrogens (primary N) is 1. The van der Waals surface area contributed by atoms with Crippen LogP contribution in [0.3, 0.4) is 0 Å². The predicted octanol–water partition coefficient (Wildman–Crippen LogP) is 3.16. The molecule has 0 spiro atoms. The summed E-state index contributed by atoms with van der Waals surface area (Å²) in [5.74, 6) is 0.339. The number of nitrogen functional groups attached to an aromatic ring is 1. The molecule has 8 heteroatoms. The van der Waals surface area contributed by atoms with Crippen LogP contribution < -0.4 is 15.4 Å². The van der Waals surface area contributed by atoms with Gasteiger partial charge in [-0.3, -0.25) is 5.41 Å². The highest BCUT2D eigenvalue weighted by molar-refractivity contribution is 6.13. The van der Waals surface area contributed by atoms with Gasteiger partial charge in [0.2, 0.25) is 0 Å². The Balaban J connectivity index is 1.60. The summed E-state index contributed by atoms with van der Waals surface area (Å²) in [7, 11) is 1.72. The number of ether oxygens (including phenoxy) is 2. The molecule has 0 amide bonds. The van der Waals surface area contributed by atoms with E-state index in [1.54, 1.807) is 13.2 Å². The average Bonchev–Trinajstić information content (AvgIpc) is 3.46. The van der Waals surface area contributed by atoms with Crippen LogP contribution in [0.5, 0.6) is 5.75 Å². The normalized spacial score (nSPS) is 20.4. The van der Waals surface area contributed by atoms with E-state index in [1.165, 1.54) is 18.5 Å². The van der Waals surface area contributed by atoms with E-state index < -0.39 is 5.82 Å². The molecule has 1 aliphatic heterocycles. The maximum absolute atomic E-state index is 14.3. The molecule has 1 saturated carbocycles. The molecule has 0 radical (unpaired) electrons. The molecule has 1 atom stereocenters. The molecule has 1 aromatic carbocycles. The molecule has 2 fully saturated rings. The number of rotatable bonds is 6. The third kappa shape index (κ3) is 4.17. The van der Waals surface area contributed by atoms with Gasteiger partial charge < -0.3 is 20.1 Å². The number of hydrogen-bond donors (Lipinski definition) is 2. The first-order valence-electron chi connectivity index (χ1n) is 9.86.